The summed E-state index contributed by atoms with van der Waals surface area (Å²) in [4.78, 5) is 20.0. The molecule has 2 aromatic rings. The van der Waals surface area contributed by atoms with Crippen LogP contribution in [0.1, 0.15) is 28.8 Å². The predicted molar refractivity (Wildman–Crippen MR) is 64.0 cm³/mol. The molecule has 0 spiro atoms. The number of imidazole rings is 1. The Labute approximate surface area is 99.3 Å². The van der Waals surface area contributed by atoms with Gasteiger partial charge >= 0.3 is 0 Å². The molecule has 0 aliphatic carbocycles. The highest BCUT2D eigenvalue weighted by molar-refractivity contribution is 5.95. The average Bonchev–Trinajstić information content (AvgIpc) is 2.76. The fraction of sp³-hybridized carbons (Fsp3) is 0.250. The molecule has 0 aliphatic heterocycles. The van der Waals surface area contributed by atoms with E-state index >= 15 is 0 Å². The van der Waals surface area contributed by atoms with Crippen LogP contribution in [0.3, 0.4) is 0 Å². The zero-order valence-corrected chi connectivity index (χ0v) is 9.84. The maximum absolute atomic E-state index is 11.4. The van der Waals surface area contributed by atoms with Crippen LogP contribution < -0.4 is 5.73 Å². The minimum Gasteiger partial charge on any atom is -0.365 e. The van der Waals surface area contributed by atoms with Crippen LogP contribution in [0.5, 0.6) is 0 Å². The number of aromatic nitrogens is 3. The number of amides is 1. The molecular weight excluding hydrogens is 216 g/mol. The van der Waals surface area contributed by atoms with Gasteiger partial charge in [0.25, 0.3) is 5.91 Å². The van der Waals surface area contributed by atoms with Crippen molar-refractivity contribution in [2.24, 2.45) is 5.73 Å². The van der Waals surface area contributed by atoms with Gasteiger partial charge in [0.1, 0.15) is 5.82 Å². The van der Waals surface area contributed by atoms with Crippen molar-refractivity contribution in [3.05, 3.63) is 41.6 Å². The van der Waals surface area contributed by atoms with Gasteiger partial charge in [-0.3, -0.25) is 9.36 Å². The van der Waals surface area contributed by atoms with Gasteiger partial charge in [0.05, 0.1) is 5.56 Å². The van der Waals surface area contributed by atoms with Gasteiger partial charge in [-0.15, -0.1) is 0 Å². The summed E-state index contributed by atoms with van der Waals surface area (Å²) < 4.78 is 1.80. The molecule has 0 fully saturated rings. The second-order valence-corrected chi connectivity index (χ2v) is 3.76. The number of carbonyl (C=O) groups is 1. The van der Waals surface area contributed by atoms with Crippen LogP contribution in [-0.2, 0) is 6.42 Å². The Morgan fingerprint density at radius 3 is 2.88 bits per heavy atom. The van der Waals surface area contributed by atoms with E-state index < -0.39 is 5.91 Å². The van der Waals surface area contributed by atoms with Crippen molar-refractivity contribution in [2.75, 3.05) is 0 Å². The monoisotopic (exact) mass is 230 g/mol. The summed E-state index contributed by atoms with van der Waals surface area (Å²) in [6, 6.07) is 3.46. The van der Waals surface area contributed by atoms with Gasteiger partial charge in [0.15, 0.2) is 5.82 Å². The molecule has 0 unspecified atom stereocenters. The maximum atomic E-state index is 11.4. The van der Waals surface area contributed by atoms with Crippen molar-refractivity contribution in [3.8, 4) is 5.82 Å². The van der Waals surface area contributed by atoms with E-state index in [1.165, 1.54) is 0 Å². The second-order valence-electron chi connectivity index (χ2n) is 3.76. The van der Waals surface area contributed by atoms with Crippen LogP contribution in [0.15, 0.2) is 24.5 Å². The molecular formula is C12H14N4O. The van der Waals surface area contributed by atoms with Crippen molar-refractivity contribution in [2.45, 2.75) is 20.3 Å². The smallest absolute Gasteiger partial charge is 0.252 e. The molecule has 0 bridgehead atoms. The normalized spacial score (nSPS) is 10.5. The molecule has 2 rings (SSSR count). The van der Waals surface area contributed by atoms with E-state index in [0.717, 1.165) is 17.9 Å². The quantitative estimate of drug-likeness (QED) is 0.862. The molecule has 17 heavy (non-hydrogen) atoms. The third-order valence-corrected chi connectivity index (χ3v) is 2.54. The third-order valence-electron chi connectivity index (χ3n) is 2.54. The molecule has 2 N–H and O–H groups in total. The first kappa shape index (κ1) is 11.3. The van der Waals surface area contributed by atoms with Crippen LogP contribution >= 0.6 is 0 Å². The lowest BCUT2D eigenvalue weighted by atomic mass is 10.2. The van der Waals surface area contributed by atoms with Crippen molar-refractivity contribution in [1.82, 2.24) is 14.5 Å². The molecule has 0 atom stereocenters. The van der Waals surface area contributed by atoms with Gasteiger partial charge in [0.2, 0.25) is 0 Å². The van der Waals surface area contributed by atoms with Crippen LogP contribution in [0, 0.1) is 6.92 Å². The van der Waals surface area contributed by atoms with Crippen molar-refractivity contribution >= 4 is 5.91 Å². The molecule has 0 saturated heterocycles. The lowest BCUT2D eigenvalue weighted by molar-refractivity contribution is 0.1000. The van der Waals surface area contributed by atoms with E-state index in [1.807, 2.05) is 13.8 Å². The standard InChI is InChI=1S/C12H14N4O/c1-3-10-14-6-7-16(10)12-9(11(13)17)5-4-8(2)15-12/h4-7H,3H2,1-2H3,(H2,13,17). The number of pyridine rings is 1. The van der Waals surface area contributed by atoms with Gasteiger partial charge < -0.3 is 5.73 Å². The first-order valence-corrected chi connectivity index (χ1v) is 5.43. The summed E-state index contributed by atoms with van der Waals surface area (Å²) in [6.07, 6.45) is 4.24. The lowest BCUT2D eigenvalue weighted by Crippen LogP contribution is -2.17. The lowest BCUT2D eigenvalue weighted by Gasteiger charge is -2.10. The Morgan fingerprint density at radius 2 is 2.24 bits per heavy atom. The summed E-state index contributed by atoms with van der Waals surface area (Å²) in [5, 5.41) is 0. The summed E-state index contributed by atoms with van der Waals surface area (Å²) in [6.45, 7) is 3.87. The predicted octanol–water partition coefficient (Wildman–Crippen LogP) is 1.24. The highest BCUT2D eigenvalue weighted by atomic mass is 16.1. The number of hydrogen-bond donors (Lipinski definition) is 1. The Balaban J connectivity index is 2.65. The number of aryl methyl sites for hydroxylation is 2. The highest BCUT2D eigenvalue weighted by Crippen LogP contribution is 2.15. The van der Waals surface area contributed by atoms with E-state index in [9.17, 15) is 4.79 Å². The zero-order chi connectivity index (χ0) is 12.4. The topological polar surface area (TPSA) is 73.8 Å². The molecule has 5 nitrogen and oxygen atoms in total. The van der Waals surface area contributed by atoms with Crippen molar-refractivity contribution < 1.29 is 4.79 Å². The number of carbonyl (C=O) groups excluding carboxylic acids is 1. The SMILES string of the molecule is CCc1nccn1-c1nc(C)ccc1C(N)=O. The van der Waals surface area contributed by atoms with Gasteiger partial charge in [-0.25, -0.2) is 9.97 Å². The largest absolute Gasteiger partial charge is 0.365 e. The van der Waals surface area contributed by atoms with Crippen LogP contribution in [0.2, 0.25) is 0 Å². The Morgan fingerprint density at radius 1 is 1.47 bits per heavy atom. The molecule has 0 saturated carbocycles. The summed E-state index contributed by atoms with van der Waals surface area (Å²) in [5.41, 5.74) is 6.59. The fourth-order valence-corrected chi connectivity index (χ4v) is 1.71. The summed E-state index contributed by atoms with van der Waals surface area (Å²) in [5.74, 6) is 0.917. The number of nitrogens with two attached hydrogens (primary N) is 1. The minimum absolute atomic E-state index is 0.406. The Hall–Kier alpha value is -2.17. The number of primary amides is 1. The third kappa shape index (κ3) is 2.04. The van der Waals surface area contributed by atoms with E-state index in [0.29, 0.717) is 11.4 Å². The molecule has 0 radical (unpaired) electrons. The first-order valence-electron chi connectivity index (χ1n) is 5.43. The summed E-state index contributed by atoms with van der Waals surface area (Å²) >= 11 is 0. The Bertz CT molecular complexity index is 559. The molecule has 1 amide bonds. The highest BCUT2D eigenvalue weighted by Gasteiger charge is 2.13. The molecule has 88 valence electrons. The molecule has 0 aromatic carbocycles. The summed E-state index contributed by atoms with van der Waals surface area (Å²) in [7, 11) is 0. The van der Waals surface area contributed by atoms with Crippen molar-refractivity contribution in [3.63, 3.8) is 0 Å². The molecule has 5 heteroatoms. The van der Waals surface area contributed by atoms with Gasteiger partial charge in [0, 0.05) is 24.5 Å². The minimum atomic E-state index is -0.483. The van der Waals surface area contributed by atoms with Crippen molar-refractivity contribution in [1.29, 1.82) is 0 Å². The molecule has 2 heterocycles. The van der Waals surface area contributed by atoms with E-state index in [1.54, 1.807) is 29.1 Å². The maximum Gasteiger partial charge on any atom is 0.252 e. The number of hydrogen-bond acceptors (Lipinski definition) is 3. The second kappa shape index (κ2) is 4.37. The van der Waals surface area contributed by atoms with E-state index in [-0.39, 0.29) is 0 Å². The number of nitrogens with zero attached hydrogens (tertiary/aromatic N) is 3. The van der Waals surface area contributed by atoms with Gasteiger partial charge in [-0.2, -0.15) is 0 Å². The number of rotatable bonds is 3. The van der Waals surface area contributed by atoms with E-state index in [2.05, 4.69) is 9.97 Å². The van der Waals surface area contributed by atoms with E-state index in [4.69, 9.17) is 5.73 Å². The Kier molecular flexibility index (Phi) is 2.91. The van der Waals surface area contributed by atoms with Crippen LogP contribution in [0.4, 0.5) is 0 Å². The van der Waals surface area contributed by atoms with Gasteiger partial charge in [-0.1, -0.05) is 6.92 Å². The zero-order valence-electron chi connectivity index (χ0n) is 9.84. The average molecular weight is 230 g/mol. The van der Waals surface area contributed by atoms with Crippen LogP contribution in [0.25, 0.3) is 5.82 Å². The first-order chi connectivity index (χ1) is 8.13. The molecule has 0 aliphatic rings. The van der Waals surface area contributed by atoms with Gasteiger partial charge in [-0.05, 0) is 19.1 Å². The fourth-order valence-electron chi connectivity index (χ4n) is 1.71. The van der Waals surface area contributed by atoms with Crippen LogP contribution in [-0.4, -0.2) is 20.4 Å². The molecule has 2 aromatic heterocycles.